The molecular formula is C59H114O17P2. The van der Waals surface area contributed by atoms with Crippen molar-refractivity contribution < 1.29 is 80.2 Å². The average molecular weight is 1160 g/mol. The number of carbonyl (C=O) groups excluding carboxylic acids is 4. The molecule has 0 spiro atoms. The van der Waals surface area contributed by atoms with Gasteiger partial charge >= 0.3 is 39.5 Å². The molecule has 0 rings (SSSR count). The van der Waals surface area contributed by atoms with Gasteiger partial charge in [-0.05, 0) is 37.5 Å². The Morgan fingerprint density at radius 1 is 0.372 bits per heavy atom. The van der Waals surface area contributed by atoms with E-state index in [-0.39, 0.29) is 25.7 Å². The second-order valence-corrected chi connectivity index (χ2v) is 25.0. The first-order valence-electron chi connectivity index (χ1n) is 31.0. The number of esters is 4. The lowest BCUT2D eigenvalue weighted by molar-refractivity contribution is -0.161. The zero-order chi connectivity index (χ0) is 58.0. The molecule has 0 aromatic carbocycles. The fourth-order valence-corrected chi connectivity index (χ4v) is 10.2. The Hall–Kier alpha value is -1.94. The van der Waals surface area contributed by atoms with Gasteiger partial charge in [0.15, 0.2) is 12.2 Å². The van der Waals surface area contributed by atoms with E-state index in [1.165, 1.54) is 96.3 Å². The van der Waals surface area contributed by atoms with Gasteiger partial charge in [0.25, 0.3) is 0 Å². The van der Waals surface area contributed by atoms with E-state index >= 15 is 0 Å². The average Bonchev–Trinajstić information content (AvgIpc) is 3.40. The van der Waals surface area contributed by atoms with Gasteiger partial charge in [-0.1, -0.05) is 234 Å². The molecule has 19 heteroatoms. The summed E-state index contributed by atoms with van der Waals surface area (Å²) in [5, 5.41) is 10.5. The lowest BCUT2D eigenvalue weighted by atomic mass is 9.99. The molecule has 0 aliphatic carbocycles. The molecule has 3 unspecified atom stereocenters. The molecule has 0 aromatic rings. The fourth-order valence-electron chi connectivity index (χ4n) is 8.61. The first-order valence-corrected chi connectivity index (χ1v) is 34.0. The van der Waals surface area contributed by atoms with Gasteiger partial charge in [-0.15, -0.1) is 0 Å². The highest BCUT2D eigenvalue weighted by molar-refractivity contribution is 7.47. The maximum atomic E-state index is 12.9. The van der Waals surface area contributed by atoms with E-state index in [0.717, 1.165) is 102 Å². The smallest absolute Gasteiger partial charge is 0.462 e. The second-order valence-electron chi connectivity index (χ2n) is 22.1. The first kappa shape index (κ1) is 76.1. The van der Waals surface area contributed by atoms with Crippen molar-refractivity contribution >= 4 is 39.5 Å². The van der Waals surface area contributed by atoms with Crippen LogP contribution in [0.25, 0.3) is 0 Å². The van der Waals surface area contributed by atoms with E-state index in [1.807, 2.05) is 0 Å². The highest BCUT2D eigenvalue weighted by Gasteiger charge is 2.30. The third-order valence-corrected chi connectivity index (χ3v) is 15.7. The van der Waals surface area contributed by atoms with Gasteiger partial charge in [0.2, 0.25) is 0 Å². The number of carbonyl (C=O) groups is 4. The van der Waals surface area contributed by atoms with Crippen LogP contribution in [0.4, 0.5) is 0 Å². The van der Waals surface area contributed by atoms with Crippen molar-refractivity contribution in [2.24, 2.45) is 11.8 Å². The highest BCUT2D eigenvalue weighted by Crippen LogP contribution is 2.45. The molecule has 0 radical (unpaired) electrons. The van der Waals surface area contributed by atoms with Crippen molar-refractivity contribution in [1.82, 2.24) is 0 Å². The number of phosphoric ester groups is 2. The Morgan fingerprint density at radius 2 is 0.654 bits per heavy atom. The van der Waals surface area contributed by atoms with Crippen LogP contribution in [0.5, 0.6) is 0 Å². The number of unbranched alkanes of at least 4 members (excludes halogenated alkanes) is 27. The molecule has 0 heterocycles. The molecule has 0 saturated carbocycles. The van der Waals surface area contributed by atoms with Gasteiger partial charge in [0.1, 0.15) is 19.3 Å². The Kier molecular flexibility index (Phi) is 50.6. The van der Waals surface area contributed by atoms with E-state index in [9.17, 15) is 43.2 Å². The molecule has 462 valence electrons. The third-order valence-electron chi connectivity index (χ3n) is 13.8. The summed E-state index contributed by atoms with van der Waals surface area (Å²) in [6, 6.07) is 0. The minimum absolute atomic E-state index is 0.101. The van der Waals surface area contributed by atoms with Crippen LogP contribution in [0.3, 0.4) is 0 Å². The molecule has 0 aliphatic rings. The predicted octanol–water partition coefficient (Wildman–Crippen LogP) is 15.7. The van der Waals surface area contributed by atoms with Crippen LogP contribution in [0.1, 0.15) is 286 Å². The molecule has 0 fully saturated rings. The Balaban J connectivity index is 5.18. The van der Waals surface area contributed by atoms with Crippen LogP contribution >= 0.6 is 15.6 Å². The normalized spacial score (nSPS) is 14.8. The van der Waals surface area contributed by atoms with E-state index in [0.29, 0.717) is 31.6 Å². The van der Waals surface area contributed by atoms with Crippen molar-refractivity contribution in [2.45, 2.75) is 304 Å². The van der Waals surface area contributed by atoms with Gasteiger partial charge in [0.05, 0.1) is 26.4 Å². The summed E-state index contributed by atoms with van der Waals surface area (Å²) in [6.45, 7) is 9.29. The van der Waals surface area contributed by atoms with Gasteiger partial charge < -0.3 is 33.8 Å². The van der Waals surface area contributed by atoms with Gasteiger partial charge in [0, 0.05) is 25.7 Å². The van der Waals surface area contributed by atoms with Crippen LogP contribution in [0, 0.1) is 11.8 Å². The van der Waals surface area contributed by atoms with Crippen molar-refractivity contribution in [1.29, 1.82) is 0 Å². The molecule has 0 aliphatic heterocycles. The van der Waals surface area contributed by atoms with Crippen molar-refractivity contribution in [2.75, 3.05) is 39.6 Å². The number of hydrogen-bond donors (Lipinski definition) is 3. The maximum absolute atomic E-state index is 12.9. The molecule has 0 amide bonds. The van der Waals surface area contributed by atoms with Crippen LogP contribution in [-0.4, -0.2) is 96.7 Å². The lowest BCUT2D eigenvalue weighted by Crippen LogP contribution is -2.30. The standard InChI is InChI=1S/C59H114O17P2/c1-7-10-12-14-15-16-20-23-30-36-42-57(62)70-48-55(75-58(63)43-37-31-24-21-18-17-19-22-29-34-40-52(6)9-3)50-74-78(67,68)72-46-53(60)45-71-77(65,66)73-49-54(47-69-56(61)41-35-27-13-11-8-2)76-59(64)44-38-32-26-25-28-33-39-51(4)5/h51-55,60H,7-50H2,1-6H3,(H,65,66)(H,67,68)/t52?,53-,54+,55+/m0/s1. The number of hydrogen-bond acceptors (Lipinski definition) is 15. The maximum Gasteiger partial charge on any atom is 0.472 e. The summed E-state index contributed by atoms with van der Waals surface area (Å²) in [7, 11) is -9.87. The molecule has 0 aromatic heterocycles. The first-order chi connectivity index (χ1) is 37.4. The lowest BCUT2D eigenvalue weighted by Gasteiger charge is -2.21. The molecule has 6 atom stereocenters. The van der Waals surface area contributed by atoms with Crippen LogP contribution in [0.15, 0.2) is 0 Å². The zero-order valence-electron chi connectivity index (χ0n) is 50.0. The molecule has 3 N–H and O–H groups in total. The van der Waals surface area contributed by atoms with Crippen LogP contribution in [-0.2, 0) is 65.4 Å². The van der Waals surface area contributed by atoms with Crippen molar-refractivity contribution in [3.63, 3.8) is 0 Å². The molecular weight excluding hydrogens is 1040 g/mol. The monoisotopic (exact) mass is 1160 g/mol. The highest BCUT2D eigenvalue weighted by atomic mass is 31.2. The number of phosphoric acid groups is 2. The quantitative estimate of drug-likeness (QED) is 0.0222. The van der Waals surface area contributed by atoms with Gasteiger partial charge in [-0.25, -0.2) is 9.13 Å². The number of aliphatic hydroxyl groups is 1. The molecule has 78 heavy (non-hydrogen) atoms. The Labute approximate surface area is 473 Å². The number of aliphatic hydroxyl groups excluding tert-OH is 1. The van der Waals surface area contributed by atoms with E-state index in [4.69, 9.17) is 37.0 Å². The van der Waals surface area contributed by atoms with Crippen LogP contribution in [0.2, 0.25) is 0 Å². The Bertz CT molecular complexity index is 1550. The number of ether oxygens (including phenoxy) is 4. The zero-order valence-corrected chi connectivity index (χ0v) is 51.7. The summed E-state index contributed by atoms with van der Waals surface area (Å²) >= 11 is 0. The summed E-state index contributed by atoms with van der Waals surface area (Å²) < 4.78 is 67.5. The van der Waals surface area contributed by atoms with E-state index in [2.05, 4.69) is 41.5 Å². The van der Waals surface area contributed by atoms with E-state index < -0.39 is 97.5 Å². The van der Waals surface area contributed by atoms with Crippen molar-refractivity contribution in [3.8, 4) is 0 Å². The fraction of sp³-hybridized carbons (Fsp3) is 0.932. The second kappa shape index (κ2) is 51.9. The summed E-state index contributed by atoms with van der Waals surface area (Å²) in [5.41, 5.74) is 0. The topological polar surface area (TPSA) is 237 Å². The minimum Gasteiger partial charge on any atom is -0.462 e. The molecule has 17 nitrogen and oxygen atoms in total. The Morgan fingerprint density at radius 3 is 0.974 bits per heavy atom. The molecule has 0 bridgehead atoms. The summed E-state index contributed by atoms with van der Waals surface area (Å²) in [4.78, 5) is 71.7. The van der Waals surface area contributed by atoms with Gasteiger partial charge in [-0.3, -0.25) is 37.3 Å². The summed E-state index contributed by atoms with van der Waals surface area (Å²) in [6.07, 6.45) is 32.5. The largest absolute Gasteiger partial charge is 0.472 e. The predicted molar refractivity (Wildman–Crippen MR) is 308 cm³/mol. The van der Waals surface area contributed by atoms with Crippen LogP contribution < -0.4 is 0 Å². The molecule has 0 saturated heterocycles. The minimum atomic E-state index is -4.94. The third kappa shape index (κ3) is 52.2. The van der Waals surface area contributed by atoms with Crippen molar-refractivity contribution in [3.05, 3.63) is 0 Å². The summed E-state index contributed by atoms with van der Waals surface area (Å²) in [5.74, 6) is -0.683. The number of rotatable bonds is 58. The SMILES string of the molecule is CCCCCCCCCCCCC(=O)OC[C@H](COP(=O)(O)OC[C@@H](O)COP(=O)(O)OC[C@@H](COC(=O)CCCCCCC)OC(=O)CCCCCCCCC(C)C)OC(=O)CCCCCCCCCCCCC(C)CC. The van der Waals surface area contributed by atoms with E-state index in [1.54, 1.807) is 0 Å². The van der Waals surface area contributed by atoms with Gasteiger partial charge in [-0.2, -0.15) is 0 Å².